The minimum absolute atomic E-state index is 0.0969. The lowest BCUT2D eigenvalue weighted by Gasteiger charge is -2.18. The molecule has 0 heterocycles. The van der Waals surface area contributed by atoms with Crippen molar-refractivity contribution < 1.29 is 52.4 Å². The highest BCUT2D eigenvalue weighted by atomic mass is 16.6. The van der Waals surface area contributed by atoms with E-state index >= 15 is 0 Å². The standard InChI is InChI=1S/C31H46O11/c1-21(2)28(33)39-17-26(18-40-29(34)22(3)4)37-15-11-9-13-25(32)14-10-12-16-38-27(19-41-30(35)23(5)6)20-42-31(36)24(7)8/h26-27H,1,3,5,7,9-20H2,2,4,6,8H3. The molecule has 0 amide bonds. The van der Waals surface area contributed by atoms with Gasteiger partial charge in [0.2, 0.25) is 0 Å². The van der Waals surface area contributed by atoms with Crippen LogP contribution in [0.15, 0.2) is 48.6 Å². The molecule has 0 unspecified atom stereocenters. The molecule has 236 valence electrons. The number of unbranched alkanes of at least 4 members (excludes halogenated alkanes) is 2. The van der Waals surface area contributed by atoms with E-state index < -0.39 is 36.1 Å². The number of carbonyl (C=O) groups is 5. The number of ketones is 1. The first-order valence-electron chi connectivity index (χ1n) is 13.8. The molecule has 0 radical (unpaired) electrons. The van der Waals surface area contributed by atoms with Gasteiger partial charge in [-0.25, -0.2) is 19.2 Å². The zero-order valence-corrected chi connectivity index (χ0v) is 25.5. The molecular weight excluding hydrogens is 548 g/mol. The van der Waals surface area contributed by atoms with E-state index in [4.69, 9.17) is 28.4 Å². The number of hydrogen-bond acceptors (Lipinski definition) is 11. The maximum Gasteiger partial charge on any atom is 0.333 e. The van der Waals surface area contributed by atoms with E-state index in [0.29, 0.717) is 38.5 Å². The Kier molecular flexibility index (Phi) is 20.2. The van der Waals surface area contributed by atoms with Crippen molar-refractivity contribution in [3.63, 3.8) is 0 Å². The van der Waals surface area contributed by atoms with Crippen molar-refractivity contribution in [2.45, 2.75) is 78.4 Å². The summed E-state index contributed by atoms with van der Waals surface area (Å²) in [6.45, 7) is 20.3. The zero-order chi connectivity index (χ0) is 32.1. The largest absolute Gasteiger partial charge is 0.459 e. The molecule has 0 N–H and O–H groups in total. The van der Waals surface area contributed by atoms with Gasteiger partial charge in [-0.15, -0.1) is 0 Å². The average Bonchev–Trinajstić information content (AvgIpc) is 2.93. The molecule has 0 spiro atoms. The van der Waals surface area contributed by atoms with Crippen molar-refractivity contribution in [2.75, 3.05) is 39.6 Å². The second-order valence-electron chi connectivity index (χ2n) is 9.95. The molecule has 0 bridgehead atoms. The normalized spacial score (nSPS) is 10.6. The summed E-state index contributed by atoms with van der Waals surface area (Å²) in [5, 5.41) is 0. The maximum atomic E-state index is 12.3. The second-order valence-corrected chi connectivity index (χ2v) is 9.95. The summed E-state index contributed by atoms with van der Waals surface area (Å²) in [6.07, 6.45) is 1.80. The van der Waals surface area contributed by atoms with E-state index in [1.807, 2.05) is 0 Å². The van der Waals surface area contributed by atoms with Crippen molar-refractivity contribution >= 4 is 29.7 Å². The van der Waals surface area contributed by atoms with Crippen LogP contribution in [-0.2, 0) is 52.4 Å². The Bertz CT molecular complexity index is 843. The van der Waals surface area contributed by atoms with Crippen LogP contribution in [0.25, 0.3) is 0 Å². The molecular formula is C31H46O11. The Balaban J connectivity index is 4.36. The number of ether oxygens (including phenoxy) is 6. The Morgan fingerprint density at radius 2 is 0.738 bits per heavy atom. The van der Waals surface area contributed by atoms with E-state index in [1.54, 1.807) is 0 Å². The highest BCUT2D eigenvalue weighted by molar-refractivity contribution is 5.88. The summed E-state index contributed by atoms with van der Waals surface area (Å²) in [5.41, 5.74) is 0.966. The predicted molar refractivity (Wildman–Crippen MR) is 155 cm³/mol. The molecule has 0 atom stereocenters. The third-order valence-electron chi connectivity index (χ3n) is 5.40. The summed E-state index contributed by atoms with van der Waals surface area (Å²) in [4.78, 5) is 58.9. The van der Waals surface area contributed by atoms with Gasteiger partial charge >= 0.3 is 23.9 Å². The lowest BCUT2D eigenvalue weighted by molar-refractivity contribution is -0.152. The highest BCUT2D eigenvalue weighted by Crippen LogP contribution is 2.08. The van der Waals surface area contributed by atoms with E-state index in [0.717, 1.165) is 0 Å². The third-order valence-corrected chi connectivity index (χ3v) is 5.40. The van der Waals surface area contributed by atoms with E-state index in [-0.39, 0.29) is 67.7 Å². The van der Waals surface area contributed by atoms with Crippen molar-refractivity contribution in [1.82, 2.24) is 0 Å². The lowest BCUT2D eigenvalue weighted by atomic mass is 10.1. The SMILES string of the molecule is C=C(C)C(=O)OCC(COC(=O)C(=C)C)OCCCCC(=O)CCCCOC(COC(=O)C(=C)C)COC(=O)C(=C)C. The first-order chi connectivity index (χ1) is 19.7. The molecule has 0 aliphatic rings. The molecule has 0 fully saturated rings. The van der Waals surface area contributed by atoms with Crippen LogP contribution in [0.4, 0.5) is 0 Å². The van der Waals surface area contributed by atoms with Gasteiger partial charge in [0.05, 0.1) is 0 Å². The van der Waals surface area contributed by atoms with Crippen LogP contribution in [-0.4, -0.2) is 81.5 Å². The maximum absolute atomic E-state index is 12.3. The molecule has 0 aliphatic heterocycles. The number of rotatable bonds is 24. The molecule has 0 aromatic heterocycles. The van der Waals surface area contributed by atoms with Gasteiger partial charge in [-0.05, 0) is 53.4 Å². The van der Waals surface area contributed by atoms with Gasteiger partial charge in [0.1, 0.15) is 44.4 Å². The van der Waals surface area contributed by atoms with E-state index in [1.165, 1.54) is 27.7 Å². The van der Waals surface area contributed by atoms with Gasteiger partial charge < -0.3 is 28.4 Å². The molecule has 42 heavy (non-hydrogen) atoms. The highest BCUT2D eigenvalue weighted by Gasteiger charge is 2.18. The first kappa shape index (κ1) is 38.4. The minimum Gasteiger partial charge on any atom is -0.459 e. The Morgan fingerprint density at radius 3 is 0.976 bits per heavy atom. The van der Waals surface area contributed by atoms with E-state index in [2.05, 4.69) is 26.3 Å². The molecule has 0 rings (SSSR count). The van der Waals surface area contributed by atoms with Crippen LogP contribution in [0, 0.1) is 0 Å². The number of hydrogen-bond donors (Lipinski definition) is 0. The van der Waals surface area contributed by atoms with Gasteiger partial charge in [0.15, 0.2) is 0 Å². The smallest absolute Gasteiger partial charge is 0.333 e. The fraction of sp³-hybridized carbons (Fsp3) is 0.581. The van der Waals surface area contributed by atoms with Crippen LogP contribution in [0.1, 0.15) is 66.2 Å². The number of carbonyl (C=O) groups excluding carboxylic acids is 5. The number of Topliss-reactive ketones (excluding diaryl/α,β-unsaturated/α-hetero) is 1. The van der Waals surface area contributed by atoms with Gasteiger partial charge in [0, 0.05) is 48.3 Å². The van der Waals surface area contributed by atoms with Crippen molar-refractivity contribution in [3.05, 3.63) is 48.6 Å². The Morgan fingerprint density at radius 1 is 0.476 bits per heavy atom. The van der Waals surface area contributed by atoms with Crippen LogP contribution in [0.2, 0.25) is 0 Å². The molecule has 0 aliphatic carbocycles. The summed E-state index contributed by atoms with van der Waals surface area (Å²) < 4.78 is 31.8. The van der Waals surface area contributed by atoms with Crippen LogP contribution in [0.5, 0.6) is 0 Å². The number of esters is 4. The fourth-order valence-corrected chi connectivity index (χ4v) is 2.93. The summed E-state index contributed by atoms with van der Waals surface area (Å²) in [5.74, 6) is -2.19. The van der Waals surface area contributed by atoms with Crippen molar-refractivity contribution in [2.24, 2.45) is 0 Å². The fourth-order valence-electron chi connectivity index (χ4n) is 2.93. The zero-order valence-electron chi connectivity index (χ0n) is 25.5. The summed E-state index contributed by atoms with van der Waals surface area (Å²) >= 11 is 0. The van der Waals surface area contributed by atoms with Crippen LogP contribution >= 0.6 is 0 Å². The molecule has 0 saturated carbocycles. The molecule has 11 nitrogen and oxygen atoms in total. The van der Waals surface area contributed by atoms with Gasteiger partial charge in [-0.1, -0.05) is 26.3 Å². The summed E-state index contributed by atoms with van der Waals surface area (Å²) in [7, 11) is 0. The average molecular weight is 595 g/mol. The Labute approximate surface area is 248 Å². The van der Waals surface area contributed by atoms with Crippen molar-refractivity contribution in [1.29, 1.82) is 0 Å². The molecule has 11 heteroatoms. The molecule has 0 saturated heterocycles. The minimum atomic E-state index is -0.662. The van der Waals surface area contributed by atoms with Crippen molar-refractivity contribution in [3.8, 4) is 0 Å². The lowest BCUT2D eigenvalue weighted by Crippen LogP contribution is -2.29. The van der Waals surface area contributed by atoms with Crippen LogP contribution in [0.3, 0.4) is 0 Å². The summed E-state index contributed by atoms with van der Waals surface area (Å²) in [6, 6.07) is 0. The van der Waals surface area contributed by atoms with Crippen LogP contribution < -0.4 is 0 Å². The topological polar surface area (TPSA) is 141 Å². The second kappa shape index (κ2) is 22.1. The van der Waals surface area contributed by atoms with Gasteiger partial charge in [-0.3, -0.25) is 4.79 Å². The quantitative estimate of drug-likeness (QED) is 0.0689. The van der Waals surface area contributed by atoms with Gasteiger partial charge in [0.25, 0.3) is 0 Å². The van der Waals surface area contributed by atoms with E-state index in [9.17, 15) is 24.0 Å². The molecule has 0 aromatic rings. The van der Waals surface area contributed by atoms with Gasteiger partial charge in [-0.2, -0.15) is 0 Å². The first-order valence-corrected chi connectivity index (χ1v) is 13.8. The third kappa shape index (κ3) is 19.5. The Hall–Kier alpha value is -3.57. The predicted octanol–water partition coefficient (Wildman–Crippen LogP) is 4.14. The molecule has 0 aromatic carbocycles. The monoisotopic (exact) mass is 594 g/mol.